The first-order chi connectivity index (χ1) is 18.2. The summed E-state index contributed by atoms with van der Waals surface area (Å²) in [4.78, 5) is 34.7. The summed E-state index contributed by atoms with van der Waals surface area (Å²) in [7, 11) is 1.57. The van der Waals surface area contributed by atoms with Gasteiger partial charge >= 0.3 is 5.97 Å². The van der Waals surface area contributed by atoms with E-state index in [1.165, 1.54) is 11.3 Å². The number of benzene rings is 2. The first-order valence-corrected chi connectivity index (χ1v) is 14.2. The van der Waals surface area contributed by atoms with Gasteiger partial charge in [0.25, 0.3) is 5.56 Å². The van der Waals surface area contributed by atoms with Crippen molar-refractivity contribution in [3.63, 3.8) is 0 Å². The molecule has 9 heteroatoms. The number of methoxy groups -OCH3 is 1. The highest BCUT2D eigenvalue weighted by Gasteiger charge is 2.35. The summed E-state index contributed by atoms with van der Waals surface area (Å²) in [6, 6.07) is 12.9. The Balaban J connectivity index is 1.91. The molecule has 1 aromatic heterocycles. The van der Waals surface area contributed by atoms with Crippen molar-refractivity contribution in [2.24, 2.45) is 4.99 Å². The maximum Gasteiger partial charge on any atom is 0.338 e. The Morgan fingerprint density at radius 2 is 1.87 bits per heavy atom. The lowest BCUT2D eigenvalue weighted by Crippen LogP contribution is -2.40. The van der Waals surface area contributed by atoms with Gasteiger partial charge in [0.15, 0.2) is 4.80 Å². The topological polar surface area (TPSA) is 73.1 Å². The molecule has 200 valence electrons. The minimum absolute atomic E-state index is 0.226. The van der Waals surface area contributed by atoms with Crippen molar-refractivity contribution in [3.8, 4) is 5.75 Å². The maximum atomic E-state index is 13.9. The van der Waals surface area contributed by atoms with Gasteiger partial charge in [-0.3, -0.25) is 9.36 Å². The minimum atomic E-state index is -0.753. The van der Waals surface area contributed by atoms with Gasteiger partial charge in [-0.2, -0.15) is 0 Å². The fraction of sp³-hybridized carbons (Fsp3) is 0.345. The van der Waals surface area contributed by atoms with Gasteiger partial charge < -0.3 is 14.4 Å². The number of rotatable bonds is 8. The fourth-order valence-corrected chi connectivity index (χ4v) is 6.02. The number of allylic oxidation sites excluding steroid dienone is 1. The number of hydrogen-bond donors (Lipinski definition) is 0. The molecule has 0 unspecified atom stereocenters. The van der Waals surface area contributed by atoms with Crippen LogP contribution in [-0.4, -0.2) is 36.8 Å². The van der Waals surface area contributed by atoms with Crippen LogP contribution in [-0.2, 0) is 9.53 Å². The highest BCUT2D eigenvalue weighted by molar-refractivity contribution is 9.10. The number of aromatic nitrogens is 1. The van der Waals surface area contributed by atoms with E-state index in [-0.39, 0.29) is 11.7 Å². The zero-order chi connectivity index (χ0) is 27.6. The van der Waals surface area contributed by atoms with E-state index in [2.05, 4.69) is 51.8 Å². The molecule has 0 spiro atoms. The molecule has 0 aliphatic carbocycles. The second kappa shape index (κ2) is 11.7. The lowest BCUT2D eigenvalue weighted by atomic mass is 9.95. The molecule has 0 radical (unpaired) electrons. The lowest BCUT2D eigenvalue weighted by Gasteiger charge is -2.26. The summed E-state index contributed by atoms with van der Waals surface area (Å²) in [6.07, 6.45) is 1.55. The number of ether oxygens (including phenoxy) is 2. The molecule has 0 fully saturated rings. The Morgan fingerprint density at radius 1 is 1.18 bits per heavy atom. The normalized spacial score (nSPS) is 15.4. The number of anilines is 1. The third kappa shape index (κ3) is 5.49. The summed E-state index contributed by atoms with van der Waals surface area (Å²) in [5.74, 6) is 0.0545. The standard InChI is InChI=1S/C29H32BrN3O4S/c1-7-32(8-2)21-12-9-19(10-13-21)15-24-27(34)33-26(22-16-20(30)11-14-23(22)36-6)25(28(35)37-17(3)4)18(5)31-29(33)38-24/h9-17,26H,7-8H2,1-6H3/b24-15-/t26-/m0/s1. The van der Waals surface area contributed by atoms with Gasteiger partial charge in [-0.25, -0.2) is 9.79 Å². The summed E-state index contributed by atoms with van der Waals surface area (Å²) in [5.41, 5.74) is 3.33. The van der Waals surface area contributed by atoms with Gasteiger partial charge in [0, 0.05) is 28.8 Å². The van der Waals surface area contributed by atoms with Crippen molar-refractivity contribution >= 4 is 45.0 Å². The van der Waals surface area contributed by atoms with E-state index < -0.39 is 12.0 Å². The molecule has 3 aromatic rings. The second-order valence-electron chi connectivity index (χ2n) is 9.19. The monoisotopic (exact) mass is 597 g/mol. The van der Waals surface area contributed by atoms with Crippen LogP contribution in [0.3, 0.4) is 0 Å². The van der Waals surface area contributed by atoms with E-state index in [4.69, 9.17) is 9.47 Å². The Hall–Kier alpha value is -3.17. The second-order valence-corrected chi connectivity index (χ2v) is 11.1. The van der Waals surface area contributed by atoms with E-state index in [1.807, 2.05) is 36.4 Å². The predicted octanol–water partition coefficient (Wildman–Crippen LogP) is 4.80. The van der Waals surface area contributed by atoms with Gasteiger partial charge in [-0.05, 0) is 76.6 Å². The van der Waals surface area contributed by atoms with Gasteiger partial charge in [-0.15, -0.1) is 0 Å². The fourth-order valence-electron chi connectivity index (χ4n) is 4.59. The van der Waals surface area contributed by atoms with Crippen LogP contribution in [0.25, 0.3) is 6.08 Å². The highest BCUT2D eigenvalue weighted by Crippen LogP contribution is 2.37. The zero-order valence-corrected chi connectivity index (χ0v) is 24.9. The molecular weight excluding hydrogens is 566 g/mol. The minimum Gasteiger partial charge on any atom is -0.496 e. The number of carbonyl (C=O) groups excluding carboxylic acids is 1. The summed E-state index contributed by atoms with van der Waals surface area (Å²) in [5, 5.41) is 0. The number of esters is 1. The quantitative estimate of drug-likeness (QED) is 0.349. The average Bonchev–Trinajstić information content (AvgIpc) is 3.18. The first kappa shape index (κ1) is 27.9. The third-order valence-corrected chi connectivity index (χ3v) is 7.87. The Morgan fingerprint density at radius 3 is 2.47 bits per heavy atom. The molecule has 0 amide bonds. The van der Waals surface area contributed by atoms with Crippen LogP contribution >= 0.6 is 27.3 Å². The maximum absolute atomic E-state index is 13.9. The molecule has 1 aliphatic heterocycles. The van der Waals surface area contributed by atoms with Crippen LogP contribution in [0.4, 0.5) is 5.69 Å². The molecule has 2 heterocycles. The van der Waals surface area contributed by atoms with Gasteiger partial charge in [0.2, 0.25) is 0 Å². The van der Waals surface area contributed by atoms with Gasteiger partial charge in [0.05, 0.1) is 29.0 Å². The van der Waals surface area contributed by atoms with E-state index in [9.17, 15) is 9.59 Å². The first-order valence-electron chi connectivity index (χ1n) is 12.6. The summed E-state index contributed by atoms with van der Waals surface area (Å²) < 4.78 is 14.2. The Labute approximate surface area is 234 Å². The van der Waals surface area contributed by atoms with E-state index in [0.717, 1.165) is 28.8 Å². The Kier molecular flexibility index (Phi) is 8.57. The number of fused-ring (bicyclic) bond motifs is 1. The van der Waals surface area contributed by atoms with Gasteiger partial charge in [0.1, 0.15) is 11.8 Å². The van der Waals surface area contributed by atoms with Crippen LogP contribution < -0.4 is 24.5 Å². The van der Waals surface area contributed by atoms with Crippen molar-refractivity contribution < 1.29 is 14.3 Å². The molecule has 0 saturated carbocycles. The van der Waals surface area contributed by atoms with Crippen LogP contribution in [0.2, 0.25) is 0 Å². The lowest BCUT2D eigenvalue weighted by molar-refractivity contribution is -0.143. The summed E-state index contributed by atoms with van der Waals surface area (Å²) >= 11 is 4.84. The molecule has 0 bridgehead atoms. The van der Waals surface area contributed by atoms with Gasteiger partial charge in [-0.1, -0.05) is 39.4 Å². The van der Waals surface area contributed by atoms with E-state index in [0.29, 0.717) is 31.9 Å². The van der Waals surface area contributed by atoms with Crippen molar-refractivity contribution in [1.29, 1.82) is 0 Å². The average molecular weight is 599 g/mol. The SMILES string of the molecule is CCN(CC)c1ccc(/C=c2\sc3n(c2=O)[C@@H](c2cc(Br)ccc2OC)C(C(=O)OC(C)C)=C(C)N=3)cc1. The van der Waals surface area contributed by atoms with Crippen molar-refractivity contribution in [2.45, 2.75) is 46.8 Å². The molecule has 4 rings (SSSR count). The molecule has 7 nitrogen and oxygen atoms in total. The number of thiazole rings is 1. The molecular formula is C29H32BrN3O4S. The zero-order valence-electron chi connectivity index (χ0n) is 22.4. The predicted molar refractivity (Wildman–Crippen MR) is 156 cm³/mol. The van der Waals surface area contributed by atoms with Crippen molar-refractivity contribution in [2.75, 3.05) is 25.1 Å². The van der Waals surface area contributed by atoms with Crippen LogP contribution in [0.5, 0.6) is 5.75 Å². The summed E-state index contributed by atoms with van der Waals surface area (Å²) in [6.45, 7) is 11.5. The van der Waals surface area contributed by atoms with Crippen molar-refractivity contribution in [1.82, 2.24) is 4.57 Å². The number of nitrogens with zero attached hydrogens (tertiary/aromatic N) is 3. The Bertz CT molecular complexity index is 1550. The molecule has 1 aliphatic rings. The van der Waals surface area contributed by atoms with E-state index >= 15 is 0 Å². The molecule has 0 saturated heterocycles. The number of carbonyl (C=O) groups is 1. The number of halogens is 1. The molecule has 38 heavy (non-hydrogen) atoms. The molecule has 0 N–H and O–H groups in total. The smallest absolute Gasteiger partial charge is 0.338 e. The van der Waals surface area contributed by atoms with E-state index in [1.54, 1.807) is 32.4 Å². The largest absolute Gasteiger partial charge is 0.496 e. The van der Waals surface area contributed by atoms with Crippen LogP contribution in [0, 0.1) is 0 Å². The third-order valence-electron chi connectivity index (χ3n) is 6.39. The molecule has 2 aromatic carbocycles. The number of hydrogen-bond acceptors (Lipinski definition) is 7. The van der Waals surface area contributed by atoms with Crippen molar-refractivity contribution in [3.05, 3.63) is 89.0 Å². The van der Waals surface area contributed by atoms with Crippen LogP contribution in [0.15, 0.2) is 68.0 Å². The highest BCUT2D eigenvalue weighted by atomic mass is 79.9. The molecule has 1 atom stereocenters. The van der Waals surface area contributed by atoms with Crippen LogP contribution in [0.1, 0.15) is 51.8 Å².